The van der Waals surface area contributed by atoms with Gasteiger partial charge in [-0.1, -0.05) is 22.4 Å². The number of halogens is 1. The molecule has 0 atom stereocenters. The molecule has 0 aromatic heterocycles. The molecule has 1 aliphatic rings. The number of nitriles is 1. The first-order valence-corrected chi connectivity index (χ1v) is 6.36. The summed E-state index contributed by atoms with van der Waals surface area (Å²) in [5, 5.41) is 8.66. The van der Waals surface area contributed by atoms with Crippen LogP contribution < -0.4 is 4.74 Å². The highest BCUT2D eigenvalue weighted by molar-refractivity contribution is 9.10. The Hall–Kier alpha value is -1.01. The van der Waals surface area contributed by atoms with Crippen molar-refractivity contribution in [2.45, 2.75) is 25.7 Å². The van der Waals surface area contributed by atoms with Crippen LogP contribution in [0, 0.1) is 17.2 Å². The molecular formula is C13H14BrNO. The monoisotopic (exact) mass is 279 g/mol. The van der Waals surface area contributed by atoms with Crippen LogP contribution in [0.3, 0.4) is 0 Å². The molecule has 84 valence electrons. The van der Waals surface area contributed by atoms with Crippen LogP contribution in [0.15, 0.2) is 22.7 Å². The van der Waals surface area contributed by atoms with Gasteiger partial charge >= 0.3 is 0 Å². The number of ether oxygens (including phenoxy) is 1. The predicted molar refractivity (Wildman–Crippen MR) is 66.3 cm³/mol. The number of benzene rings is 1. The Morgan fingerprint density at radius 2 is 2.19 bits per heavy atom. The quantitative estimate of drug-likeness (QED) is 0.842. The van der Waals surface area contributed by atoms with E-state index in [9.17, 15) is 0 Å². The smallest absolute Gasteiger partial charge is 0.120 e. The fourth-order valence-electron chi connectivity index (χ4n) is 1.77. The average Bonchev–Trinajstić information content (AvgIpc) is 2.14. The number of rotatable bonds is 4. The van der Waals surface area contributed by atoms with Gasteiger partial charge in [-0.3, -0.25) is 0 Å². The van der Waals surface area contributed by atoms with Crippen molar-refractivity contribution in [3.05, 3.63) is 28.2 Å². The number of nitrogens with zero attached hydrogens (tertiary/aromatic N) is 1. The van der Waals surface area contributed by atoms with E-state index in [0.29, 0.717) is 6.42 Å². The van der Waals surface area contributed by atoms with Crippen molar-refractivity contribution in [2.75, 3.05) is 6.61 Å². The normalized spacial score (nSPS) is 15.2. The molecule has 0 aliphatic heterocycles. The predicted octanol–water partition coefficient (Wildman–Crippen LogP) is 3.69. The van der Waals surface area contributed by atoms with Crippen LogP contribution in [-0.2, 0) is 6.42 Å². The molecule has 0 bridgehead atoms. The fraction of sp³-hybridized carbons (Fsp3) is 0.462. The molecule has 1 aliphatic carbocycles. The molecule has 1 saturated carbocycles. The van der Waals surface area contributed by atoms with Gasteiger partial charge in [0, 0.05) is 4.47 Å². The van der Waals surface area contributed by atoms with E-state index >= 15 is 0 Å². The van der Waals surface area contributed by atoms with Crippen LogP contribution in [0.4, 0.5) is 0 Å². The van der Waals surface area contributed by atoms with Gasteiger partial charge in [-0.25, -0.2) is 0 Å². The minimum atomic E-state index is 0.430. The van der Waals surface area contributed by atoms with E-state index in [1.54, 1.807) is 0 Å². The SMILES string of the molecule is N#CCc1cc(Br)cc(OCC2CCC2)c1. The summed E-state index contributed by atoms with van der Waals surface area (Å²) in [7, 11) is 0. The molecule has 0 amide bonds. The lowest BCUT2D eigenvalue weighted by Crippen LogP contribution is -2.19. The average molecular weight is 280 g/mol. The molecule has 1 aromatic rings. The topological polar surface area (TPSA) is 33.0 Å². The molecule has 1 fully saturated rings. The van der Waals surface area contributed by atoms with Crippen molar-refractivity contribution in [3.63, 3.8) is 0 Å². The molecule has 2 nitrogen and oxygen atoms in total. The van der Waals surface area contributed by atoms with E-state index < -0.39 is 0 Å². The lowest BCUT2D eigenvalue weighted by molar-refractivity contribution is 0.180. The summed E-state index contributed by atoms with van der Waals surface area (Å²) in [5.74, 6) is 1.60. The van der Waals surface area contributed by atoms with Gasteiger partial charge in [0.15, 0.2) is 0 Å². The fourth-order valence-corrected chi connectivity index (χ4v) is 2.29. The summed E-state index contributed by atoms with van der Waals surface area (Å²) in [6.45, 7) is 0.808. The zero-order valence-corrected chi connectivity index (χ0v) is 10.7. The van der Waals surface area contributed by atoms with Crippen LogP contribution in [0.2, 0.25) is 0 Å². The second-order valence-corrected chi connectivity index (χ2v) is 5.15. The molecule has 0 unspecified atom stereocenters. The zero-order chi connectivity index (χ0) is 11.4. The highest BCUT2D eigenvalue weighted by Crippen LogP contribution is 2.28. The minimum absolute atomic E-state index is 0.430. The number of hydrogen-bond donors (Lipinski definition) is 0. The second kappa shape index (κ2) is 5.36. The van der Waals surface area contributed by atoms with Gasteiger partial charge < -0.3 is 4.74 Å². The van der Waals surface area contributed by atoms with E-state index in [-0.39, 0.29) is 0 Å². The van der Waals surface area contributed by atoms with Crippen LogP contribution in [0.1, 0.15) is 24.8 Å². The van der Waals surface area contributed by atoms with Crippen LogP contribution >= 0.6 is 15.9 Å². The van der Waals surface area contributed by atoms with Gasteiger partial charge in [-0.05, 0) is 42.5 Å². The lowest BCUT2D eigenvalue weighted by atomic mass is 9.86. The Labute approximate surface area is 104 Å². The third-order valence-corrected chi connectivity index (χ3v) is 3.38. The van der Waals surface area contributed by atoms with Gasteiger partial charge in [0.05, 0.1) is 19.1 Å². The number of hydrogen-bond acceptors (Lipinski definition) is 2. The first kappa shape index (κ1) is 11.5. The van der Waals surface area contributed by atoms with Gasteiger partial charge in [0.25, 0.3) is 0 Å². The molecule has 16 heavy (non-hydrogen) atoms. The second-order valence-electron chi connectivity index (χ2n) is 4.24. The van der Waals surface area contributed by atoms with E-state index in [0.717, 1.165) is 28.3 Å². The van der Waals surface area contributed by atoms with E-state index in [2.05, 4.69) is 22.0 Å². The first-order chi connectivity index (χ1) is 7.78. The van der Waals surface area contributed by atoms with Crippen molar-refractivity contribution < 1.29 is 4.74 Å². The van der Waals surface area contributed by atoms with E-state index in [1.165, 1.54) is 19.3 Å². The molecular weight excluding hydrogens is 266 g/mol. The highest BCUT2D eigenvalue weighted by atomic mass is 79.9. The minimum Gasteiger partial charge on any atom is -0.493 e. The zero-order valence-electron chi connectivity index (χ0n) is 9.08. The maximum atomic E-state index is 8.66. The van der Waals surface area contributed by atoms with E-state index in [1.807, 2.05) is 18.2 Å². The Morgan fingerprint density at radius 3 is 2.81 bits per heavy atom. The highest BCUT2D eigenvalue weighted by Gasteiger charge is 2.17. The summed E-state index contributed by atoms with van der Waals surface area (Å²) < 4.78 is 6.71. The van der Waals surface area contributed by atoms with Gasteiger partial charge in [-0.15, -0.1) is 0 Å². The largest absolute Gasteiger partial charge is 0.493 e. The summed E-state index contributed by atoms with van der Waals surface area (Å²) in [5.41, 5.74) is 1.00. The first-order valence-electron chi connectivity index (χ1n) is 5.57. The maximum Gasteiger partial charge on any atom is 0.120 e. The lowest BCUT2D eigenvalue weighted by Gasteiger charge is -2.25. The molecule has 0 spiro atoms. The van der Waals surface area contributed by atoms with Crippen molar-refractivity contribution in [3.8, 4) is 11.8 Å². The Balaban J connectivity index is 1.99. The third-order valence-electron chi connectivity index (χ3n) is 2.92. The van der Waals surface area contributed by atoms with Crippen LogP contribution in [0.25, 0.3) is 0 Å². The van der Waals surface area contributed by atoms with Crippen LogP contribution in [0.5, 0.6) is 5.75 Å². The summed E-state index contributed by atoms with van der Waals surface area (Å²) in [6.07, 6.45) is 4.35. The molecule has 0 heterocycles. The summed E-state index contributed by atoms with van der Waals surface area (Å²) in [4.78, 5) is 0. The van der Waals surface area contributed by atoms with Gasteiger partial charge in [-0.2, -0.15) is 5.26 Å². The molecule has 0 radical (unpaired) electrons. The van der Waals surface area contributed by atoms with Crippen molar-refractivity contribution >= 4 is 15.9 Å². The molecule has 3 heteroatoms. The molecule has 0 N–H and O–H groups in total. The third kappa shape index (κ3) is 2.99. The van der Waals surface area contributed by atoms with Gasteiger partial charge in [0.2, 0.25) is 0 Å². The summed E-state index contributed by atoms with van der Waals surface area (Å²) >= 11 is 3.43. The standard InChI is InChI=1S/C13H14BrNO/c14-12-6-11(4-5-15)7-13(8-12)16-9-10-2-1-3-10/h6-8,10H,1-4,9H2. The van der Waals surface area contributed by atoms with Crippen LogP contribution in [-0.4, -0.2) is 6.61 Å². The van der Waals surface area contributed by atoms with Crippen molar-refractivity contribution in [1.82, 2.24) is 0 Å². The maximum absolute atomic E-state index is 8.66. The van der Waals surface area contributed by atoms with Gasteiger partial charge in [0.1, 0.15) is 5.75 Å². The van der Waals surface area contributed by atoms with E-state index in [4.69, 9.17) is 10.00 Å². The Morgan fingerprint density at radius 1 is 1.38 bits per heavy atom. The Kier molecular flexibility index (Phi) is 3.84. The van der Waals surface area contributed by atoms with Crippen molar-refractivity contribution in [2.24, 2.45) is 5.92 Å². The summed E-state index contributed by atoms with van der Waals surface area (Å²) in [6, 6.07) is 8.02. The Bertz CT molecular complexity index is 407. The molecule has 0 saturated heterocycles. The molecule has 1 aromatic carbocycles. The molecule has 2 rings (SSSR count). The van der Waals surface area contributed by atoms with Crippen molar-refractivity contribution in [1.29, 1.82) is 5.26 Å².